The van der Waals surface area contributed by atoms with Gasteiger partial charge in [-0.2, -0.15) is 5.10 Å². The second kappa shape index (κ2) is 9.72. The number of hydrogen-bond acceptors (Lipinski definition) is 6. The van der Waals surface area contributed by atoms with Crippen molar-refractivity contribution >= 4 is 17.6 Å². The third-order valence-electron chi connectivity index (χ3n) is 7.18. The van der Waals surface area contributed by atoms with Gasteiger partial charge in [-0.15, -0.1) is 0 Å². The summed E-state index contributed by atoms with van der Waals surface area (Å²) in [4.78, 5) is 15.6. The number of hydrogen-bond donors (Lipinski definition) is 4. The number of fused-ring (bicyclic) bond motifs is 2. The second-order valence-electron chi connectivity index (χ2n) is 9.64. The molecule has 1 aromatic heterocycles. The standard InChI is InChI=1S/C28H30FN5O3/c1-14-8-16(28(30)34-31-3)9-15(2)26(14)18-4-6-21(29)27-19(18)5-7-22(27)33-24-11-23-20(12-32-24)17(13-37-23)10-25(35)36/h4,6,8-9,11-12,17,22,31H,5,7,10,13H2,1-3H3,(H2,30,34)(H,32,33)(H,35,36)/t17-,22+/m0/s1. The lowest BCUT2D eigenvalue weighted by Crippen LogP contribution is -2.17. The van der Waals surface area contributed by atoms with Gasteiger partial charge in [-0.05, 0) is 72.7 Å². The number of benzene rings is 2. The number of carbonyl (C=O) groups is 1. The molecule has 0 bridgehead atoms. The number of amidine groups is 1. The molecule has 2 atom stereocenters. The molecule has 5 N–H and O–H groups in total. The summed E-state index contributed by atoms with van der Waals surface area (Å²) in [5, 5.41) is 16.6. The van der Waals surface area contributed by atoms with Crippen LogP contribution in [0.2, 0.25) is 0 Å². The summed E-state index contributed by atoms with van der Waals surface area (Å²) in [6.45, 7) is 4.39. The highest BCUT2D eigenvalue weighted by atomic mass is 19.1. The first-order chi connectivity index (χ1) is 17.8. The van der Waals surface area contributed by atoms with E-state index in [0.717, 1.165) is 51.8 Å². The molecule has 2 aliphatic rings. The molecule has 1 aliphatic heterocycles. The number of nitrogens with zero attached hydrogens (tertiary/aromatic N) is 2. The van der Waals surface area contributed by atoms with E-state index in [0.29, 0.717) is 29.6 Å². The van der Waals surface area contributed by atoms with Gasteiger partial charge in [-0.3, -0.25) is 4.79 Å². The molecule has 37 heavy (non-hydrogen) atoms. The van der Waals surface area contributed by atoms with Gasteiger partial charge >= 0.3 is 5.97 Å². The van der Waals surface area contributed by atoms with E-state index in [-0.39, 0.29) is 24.2 Å². The predicted molar refractivity (Wildman–Crippen MR) is 141 cm³/mol. The fraction of sp³-hybridized carbons (Fsp3) is 0.321. The number of halogens is 1. The monoisotopic (exact) mass is 503 g/mol. The first-order valence-corrected chi connectivity index (χ1v) is 12.3. The van der Waals surface area contributed by atoms with Gasteiger partial charge in [0.2, 0.25) is 0 Å². The highest BCUT2D eigenvalue weighted by Crippen LogP contribution is 2.43. The number of anilines is 1. The molecule has 2 aromatic carbocycles. The lowest BCUT2D eigenvalue weighted by molar-refractivity contribution is -0.137. The third kappa shape index (κ3) is 4.57. The van der Waals surface area contributed by atoms with E-state index in [1.807, 2.05) is 32.0 Å². The zero-order valence-electron chi connectivity index (χ0n) is 21.1. The normalized spacial score (nSPS) is 18.2. The number of rotatable bonds is 7. The van der Waals surface area contributed by atoms with Crippen LogP contribution in [-0.2, 0) is 11.2 Å². The summed E-state index contributed by atoms with van der Waals surface area (Å²) >= 11 is 0. The summed E-state index contributed by atoms with van der Waals surface area (Å²) in [6.07, 6.45) is 3.12. The van der Waals surface area contributed by atoms with Crippen molar-refractivity contribution in [2.75, 3.05) is 19.0 Å². The van der Waals surface area contributed by atoms with Crippen LogP contribution in [0.5, 0.6) is 5.75 Å². The number of aliphatic carboxylic acids is 1. The Balaban J connectivity index is 1.45. The fourth-order valence-corrected chi connectivity index (χ4v) is 5.61. The Hall–Kier alpha value is -4.14. The number of hydrazone groups is 1. The summed E-state index contributed by atoms with van der Waals surface area (Å²) in [5.74, 6) is 0.294. The Morgan fingerprint density at radius 1 is 1.27 bits per heavy atom. The molecule has 0 radical (unpaired) electrons. The van der Waals surface area contributed by atoms with Crippen molar-refractivity contribution in [3.63, 3.8) is 0 Å². The maximum absolute atomic E-state index is 15.2. The van der Waals surface area contributed by atoms with Crippen LogP contribution in [0.4, 0.5) is 10.2 Å². The average Bonchev–Trinajstić information content (AvgIpc) is 3.44. The van der Waals surface area contributed by atoms with Gasteiger partial charge in [-0.25, -0.2) is 9.37 Å². The smallest absolute Gasteiger partial charge is 0.304 e. The minimum absolute atomic E-state index is 0.000140. The van der Waals surface area contributed by atoms with E-state index in [1.54, 1.807) is 19.3 Å². The molecule has 0 saturated carbocycles. The Morgan fingerprint density at radius 2 is 2.03 bits per heavy atom. The zero-order valence-corrected chi connectivity index (χ0v) is 21.1. The number of nitrogens with one attached hydrogen (secondary N) is 2. The highest BCUT2D eigenvalue weighted by Gasteiger charge is 2.31. The Morgan fingerprint density at radius 3 is 2.73 bits per heavy atom. The summed E-state index contributed by atoms with van der Waals surface area (Å²) in [7, 11) is 1.70. The molecule has 1 aliphatic carbocycles. The maximum Gasteiger partial charge on any atom is 0.304 e. The van der Waals surface area contributed by atoms with E-state index < -0.39 is 5.97 Å². The molecule has 0 unspecified atom stereocenters. The Bertz CT molecular complexity index is 1400. The van der Waals surface area contributed by atoms with Crippen molar-refractivity contribution in [2.24, 2.45) is 10.8 Å². The van der Waals surface area contributed by atoms with Crippen molar-refractivity contribution in [2.45, 2.75) is 45.1 Å². The van der Waals surface area contributed by atoms with E-state index in [2.05, 4.69) is 20.8 Å². The molecule has 192 valence electrons. The van der Waals surface area contributed by atoms with Gasteiger partial charge in [0.05, 0.1) is 19.1 Å². The van der Waals surface area contributed by atoms with Gasteiger partial charge in [0.25, 0.3) is 0 Å². The Labute approximate surface area is 214 Å². The number of carboxylic acid groups (broad SMARTS) is 1. The fourth-order valence-electron chi connectivity index (χ4n) is 5.61. The van der Waals surface area contributed by atoms with Crippen LogP contribution in [0.15, 0.2) is 41.6 Å². The largest absolute Gasteiger partial charge is 0.492 e. The topological polar surface area (TPSA) is 122 Å². The molecule has 2 heterocycles. The first kappa shape index (κ1) is 24.5. The number of carboxylic acids is 1. The summed E-state index contributed by atoms with van der Waals surface area (Å²) in [5.41, 5.74) is 16.3. The van der Waals surface area contributed by atoms with Gasteiger partial charge in [0.1, 0.15) is 17.4 Å². The molecule has 8 nitrogen and oxygen atoms in total. The van der Waals surface area contributed by atoms with Gasteiger partial charge in [0.15, 0.2) is 5.84 Å². The van der Waals surface area contributed by atoms with Crippen molar-refractivity contribution < 1.29 is 19.0 Å². The predicted octanol–water partition coefficient (Wildman–Crippen LogP) is 4.39. The Kier molecular flexibility index (Phi) is 6.45. The van der Waals surface area contributed by atoms with Gasteiger partial charge in [-0.1, -0.05) is 6.07 Å². The van der Waals surface area contributed by atoms with E-state index in [4.69, 9.17) is 15.6 Å². The SMILES string of the molecule is CN/N=C(\N)c1cc(C)c(-c2ccc(F)c3c2CC[C@H]3Nc2cc3c(cn2)[C@@H](CC(=O)O)CO3)c(C)c1. The summed E-state index contributed by atoms with van der Waals surface area (Å²) < 4.78 is 20.9. The van der Waals surface area contributed by atoms with Gasteiger partial charge in [0, 0.05) is 41.9 Å². The third-order valence-corrected chi connectivity index (χ3v) is 7.18. The zero-order chi connectivity index (χ0) is 26.3. The highest BCUT2D eigenvalue weighted by molar-refractivity contribution is 5.98. The molecule has 0 amide bonds. The molecule has 0 spiro atoms. The van der Waals surface area contributed by atoms with Gasteiger partial charge < -0.3 is 26.3 Å². The number of nitrogens with two attached hydrogens (primary N) is 1. The van der Waals surface area contributed by atoms with Crippen molar-refractivity contribution in [1.29, 1.82) is 0 Å². The molecule has 0 saturated heterocycles. The number of aryl methyl sites for hydroxylation is 2. The maximum atomic E-state index is 15.2. The van der Waals surface area contributed by atoms with E-state index >= 15 is 4.39 Å². The van der Waals surface area contributed by atoms with Crippen LogP contribution in [0, 0.1) is 19.7 Å². The molecule has 0 fully saturated rings. The minimum Gasteiger partial charge on any atom is -0.492 e. The lowest BCUT2D eigenvalue weighted by Gasteiger charge is -2.19. The quantitative estimate of drug-likeness (QED) is 0.214. The second-order valence-corrected chi connectivity index (χ2v) is 9.64. The van der Waals surface area contributed by atoms with Crippen LogP contribution in [0.3, 0.4) is 0 Å². The van der Waals surface area contributed by atoms with Crippen molar-refractivity contribution in [3.8, 4) is 16.9 Å². The van der Waals surface area contributed by atoms with Crippen LogP contribution < -0.4 is 21.2 Å². The lowest BCUT2D eigenvalue weighted by atomic mass is 9.89. The molecule has 3 aromatic rings. The molecule has 5 rings (SSSR count). The molecular formula is C28H30FN5O3. The van der Waals surface area contributed by atoms with Crippen molar-refractivity contribution in [1.82, 2.24) is 10.4 Å². The average molecular weight is 504 g/mol. The molecular weight excluding hydrogens is 473 g/mol. The number of pyridine rings is 1. The minimum atomic E-state index is -0.868. The summed E-state index contributed by atoms with van der Waals surface area (Å²) in [6, 6.07) is 8.95. The van der Waals surface area contributed by atoms with Crippen molar-refractivity contribution in [3.05, 3.63) is 75.7 Å². The number of ether oxygens (including phenoxy) is 1. The molecule has 9 heteroatoms. The van der Waals surface area contributed by atoms with Crippen LogP contribution >= 0.6 is 0 Å². The van der Waals surface area contributed by atoms with Crippen LogP contribution in [0.25, 0.3) is 11.1 Å². The van der Waals surface area contributed by atoms with E-state index in [9.17, 15) is 4.79 Å². The van der Waals surface area contributed by atoms with Crippen LogP contribution in [-0.4, -0.2) is 35.5 Å². The van der Waals surface area contributed by atoms with Crippen LogP contribution in [0.1, 0.15) is 58.2 Å². The van der Waals surface area contributed by atoms with E-state index in [1.165, 1.54) is 6.07 Å². The number of aromatic nitrogens is 1. The first-order valence-electron chi connectivity index (χ1n) is 12.3.